The molecule has 0 radical (unpaired) electrons. The number of hydrogen-bond donors (Lipinski definition) is 4. The van der Waals surface area contributed by atoms with E-state index < -0.39 is 41.8 Å². The summed E-state index contributed by atoms with van der Waals surface area (Å²) in [5.74, 6) is -1.28. The van der Waals surface area contributed by atoms with E-state index in [0.717, 1.165) is 12.8 Å². The number of carbonyl (C=O) groups excluding carboxylic acids is 2. The van der Waals surface area contributed by atoms with Crippen LogP contribution in [0.4, 0.5) is 4.39 Å². The molecular weight excluding hydrogens is 431 g/mol. The second kappa shape index (κ2) is 10.6. The lowest BCUT2D eigenvalue weighted by Crippen LogP contribution is -2.54. The molecule has 2 atom stereocenters. The lowest BCUT2D eigenvalue weighted by Gasteiger charge is -2.30. The normalized spacial score (nSPS) is 17.0. The molecule has 0 unspecified atom stereocenters. The average Bonchev–Trinajstić information content (AvgIpc) is 3.15. The first kappa shape index (κ1) is 25.1. The number of rotatable bonds is 8. The van der Waals surface area contributed by atoms with E-state index in [1.807, 2.05) is 0 Å². The molecule has 182 valence electrons. The van der Waals surface area contributed by atoms with Crippen LogP contribution >= 0.6 is 0 Å². The highest BCUT2D eigenvalue weighted by Gasteiger charge is 2.34. The lowest BCUT2D eigenvalue weighted by atomic mass is 9.86. The molecule has 1 aliphatic rings. The highest BCUT2D eigenvalue weighted by atomic mass is 19.1. The second-order valence-corrected chi connectivity index (χ2v) is 9.58. The number of nitrogens with zero attached hydrogens (tertiary/aromatic N) is 2. The summed E-state index contributed by atoms with van der Waals surface area (Å²) >= 11 is 0. The van der Waals surface area contributed by atoms with Crippen molar-refractivity contribution in [3.05, 3.63) is 29.7 Å². The number of hydrogen-bond acceptors (Lipinski definition) is 6. The minimum Gasteiger partial charge on any atom is -0.394 e. The van der Waals surface area contributed by atoms with Gasteiger partial charge in [-0.1, -0.05) is 32.9 Å². The number of amides is 2. The number of benzene rings is 1. The number of halogens is 1. The molecule has 33 heavy (non-hydrogen) atoms. The van der Waals surface area contributed by atoms with Gasteiger partial charge in [-0.2, -0.15) is 5.10 Å². The van der Waals surface area contributed by atoms with Crippen LogP contribution in [0.2, 0.25) is 0 Å². The van der Waals surface area contributed by atoms with Gasteiger partial charge in [-0.05, 0) is 30.2 Å². The van der Waals surface area contributed by atoms with Gasteiger partial charge in [0.05, 0.1) is 12.7 Å². The third-order valence-electron chi connectivity index (χ3n) is 5.83. The zero-order valence-corrected chi connectivity index (χ0v) is 19.3. The zero-order chi connectivity index (χ0) is 24.2. The Morgan fingerprint density at radius 1 is 1.30 bits per heavy atom. The van der Waals surface area contributed by atoms with Crippen molar-refractivity contribution in [3.63, 3.8) is 0 Å². The molecule has 2 amide bonds. The van der Waals surface area contributed by atoms with E-state index in [9.17, 15) is 19.1 Å². The molecule has 10 heteroatoms. The Morgan fingerprint density at radius 3 is 2.64 bits per heavy atom. The topological polar surface area (TPSA) is 126 Å². The molecule has 3 rings (SSSR count). The van der Waals surface area contributed by atoms with Crippen LogP contribution in [0.3, 0.4) is 0 Å². The third kappa shape index (κ3) is 6.07. The van der Waals surface area contributed by atoms with Gasteiger partial charge in [-0.25, -0.2) is 4.39 Å². The number of ether oxygens (including phenoxy) is 1. The number of carbonyl (C=O) groups is 2. The van der Waals surface area contributed by atoms with Gasteiger partial charge in [0.25, 0.3) is 5.91 Å². The number of fused-ring (bicyclic) bond motifs is 1. The number of aliphatic hydroxyl groups is 2. The Kier molecular flexibility index (Phi) is 8.04. The summed E-state index contributed by atoms with van der Waals surface area (Å²) in [6, 6.07) is 3.56. The maximum Gasteiger partial charge on any atom is 0.273 e. The second-order valence-electron chi connectivity index (χ2n) is 9.58. The molecule has 1 fully saturated rings. The summed E-state index contributed by atoms with van der Waals surface area (Å²) in [4.78, 5) is 26.0. The van der Waals surface area contributed by atoms with Gasteiger partial charge in [-0.3, -0.25) is 14.3 Å². The van der Waals surface area contributed by atoms with E-state index in [1.54, 1.807) is 31.5 Å². The summed E-state index contributed by atoms with van der Waals surface area (Å²) in [6.45, 7) is 6.50. The fraction of sp³-hybridized carbons (Fsp3) is 0.609. The molecule has 1 aromatic carbocycles. The molecule has 1 aliphatic heterocycles. The predicted molar refractivity (Wildman–Crippen MR) is 120 cm³/mol. The van der Waals surface area contributed by atoms with E-state index in [4.69, 9.17) is 9.84 Å². The number of para-hydroxylation sites is 1. The van der Waals surface area contributed by atoms with Gasteiger partial charge < -0.3 is 25.6 Å². The van der Waals surface area contributed by atoms with Crippen LogP contribution < -0.4 is 10.6 Å². The smallest absolute Gasteiger partial charge is 0.273 e. The van der Waals surface area contributed by atoms with Crippen LogP contribution in [-0.4, -0.2) is 70.3 Å². The van der Waals surface area contributed by atoms with Crippen molar-refractivity contribution in [1.82, 2.24) is 20.4 Å². The number of nitrogens with one attached hydrogen (secondary N) is 2. The molecule has 1 saturated heterocycles. The van der Waals surface area contributed by atoms with E-state index in [0.29, 0.717) is 25.1 Å². The molecule has 1 aromatic heterocycles. The van der Waals surface area contributed by atoms with Crippen molar-refractivity contribution in [2.45, 2.75) is 52.3 Å². The fourth-order valence-corrected chi connectivity index (χ4v) is 3.93. The largest absolute Gasteiger partial charge is 0.394 e. The minimum absolute atomic E-state index is 0.0500. The van der Waals surface area contributed by atoms with Crippen LogP contribution in [0.25, 0.3) is 10.9 Å². The summed E-state index contributed by atoms with van der Waals surface area (Å²) in [6.07, 6.45) is 0.574. The van der Waals surface area contributed by atoms with Gasteiger partial charge in [0.15, 0.2) is 5.69 Å². The van der Waals surface area contributed by atoms with Crippen molar-refractivity contribution in [3.8, 4) is 0 Å². The number of aliphatic hydroxyl groups excluding tert-OH is 2. The van der Waals surface area contributed by atoms with Gasteiger partial charge in [-0.15, -0.1) is 0 Å². The van der Waals surface area contributed by atoms with Crippen LogP contribution in [-0.2, 0) is 16.1 Å². The van der Waals surface area contributed by atoms with Gasteiger partial charge in [0.1, 0.15) is 17.4 Å². The maximum atomic E-state index is 14.7. The lowest BCUT2D eigenvalue weighted by molar-refractivity contribution is -0.125. The van der Waals surface area contributed by atoms with Gasteiger partial charge in [0.2, 0.25) is 5.91 Å². The molecule has 0 bridgehead atoms. The SMILES string of the molecule is CC(C)(C)[C@H](NC(=O)c1nn(CC2CCOCC2)c2c(F)cccc12)C(=O)NC[C@@H](O)CO. The van der Waals surface area contributed by atoms with E-state index in [-0.39, 0.29) is 23.7 Å². The number of aromatic nitrogens is 2. The standard InChI is InChI=1S/C23H33FN4O5/c1-23(2,3)20(22(32)25-11-15(30)13-29)26-21(31)18-16-5-4-6-17(24)19(16)28(27-18)12-14-7-9-33-10-8-14/h4-6,14-15,20,29-30H,7-13H2,1-3H3,(H,25,32)(H,26,31)/t15-,20-/m1/s1. The predicted octanol–water partition coefficient (Wildman–Crippen LogP) is 1.22. The maximum absolute atomic E-state index is 14.7. The van der Waals surface area contributed by atoms with Crippen molar-refractivity contribution in [1.29, 1.82) is 0 Å². The summed E-state index contributed by atoms with van der Waals surface area (Å²) < 4.78 is 21.7. The van der Waals surface area contributed by atoms with Crippen molar-refractivity contribution in [2.75, 3.05) is 26.4 Å². The van der Waals surface area contributed by atoms with Gasteiger partial charge in [0, 0.05) is 31.7 Å². The third-order valence-corrected chi connectivity index (χ3v) is 5.83. The zero-order valence-electron chi connectivity index (χ0n) is 19.3. The molecule has 0 spiro atoms. The first-order valence-corrected chi connectivity index (χ1v) is 11.2. The van der Waals surface area contributed by atoms with E-state index >= 15 is 0 Å². The Bertz CT molecular complexity index is 981. The summed E-state index contributed by atoms with van der Waals surface area (Å²) in [5.41, 5.74) is -0.346. The quantitative estimate of drug-likeness (QED) is 0.465. The van der Waals surface area contributed by atoms with Crippen molar-refractivity contribution < 1.29 is 28.9 Å². The Morgan fingerprint density at radius 2 is 2.00 bits per heavy atom. The molecule has 2 aromatic rings. The molecular formula is C23H33FN4O5. The monoisotopic (exact) mass is 464 g/mol. The van der Waals surface area contributed by atoms with Gasteiger partial charge >= 0.3 is 0 Å². The van der Waals surface area contributed by atoms with Crippen molar-refractivity contribution >= 4 is 22.7 Å². The fourth-order valence-electron chi connectivity index (χ4n) is 3.93. The van der Waals surface area contributed by atoms with Crippen LogP contribution in [0.5, 0.6) is 0 Å². The summed E-state index contributed by atoms with van der Waals surface area (Å²) in [7, 11) is 0. The Hall–Kier alpha value is -2.56. The van der Waals surface area contributed by atoms with Crippen LogP contribution in [0.15, 0.2) is 18.2 Å². The average molecular weight is 465 g/mol. The molecule has 9 nitrogen and oxygen atoms in total. The van der Waals surface area contributed by atoms with Crippen LogP contribution in [0, 0.1) is 17.2 Å². The summed E-state index contributed by atoms with van der Waals surface area (Å²) in [5, 5.41) is 28.6. The molecule has 0 saturated carbocycles. The highest BCUT2D eigenvalue weighted by molar-refractivity contribution is 6.06. The minimum atomic E-state index is -1.10. The van der Waals surface area contributed by atoms with Crippen LogP contribution in [0.1, 0.15) is 44.1 Å². The Balaban J connectivity index is 1.87. The molecule has 4 N–H and O–H groups in total. The molecule has 0 aliphatic carbocycles. The van der Waals surface area contributed by atoms with E-state index in [1.165, 1.54) is 12.1 Å². The molecule has 2 heterocycles. The first-order valence-electron chi connectivity index (χ1n) is 11.2. The first-order chi connectivity index (χ1) is 15.6. The van der Waals surface area contributed by atoms with Crippen molar-refractivity contribution in [2.24, 2.45) is 11.3 Å². The Labute approximate surface area is 192 Å². The highest BCUT2D eigenvalue weighted by Crippen LogP contribution is 2.26. The van der Waals surface area contributed by atoms with E-state index in [2.05, 4.69) is 15.7 Å².